The van der Waals surface area contributed by atoms with Crippen LogP contribution in [0.4, 0.5) is 0 Å². The number of halogens is 1. The normalized spacial score (nSPS) is 22.8. The summed E-state index contributed by atoms with van der Waals surface area (Å²) in [6.07, 6.45) is 3.59. The van der Waals surface area contributed by atoms with E-state index < -0.39 is 0 Å². The molecule has 1 heteroatoms. The third kappa shape index (κ3) is 1.28. The third-order valence-corrected chi connectivity index (χ3v) is 2.75. The molecule has 0 heterocycles. The van der Waals surface area contributed by atoms with E-state index in [0.717, 1.165) is 6.42 Å². The number of rotatable bonds is 0. The molecule has 0 fully saturated rings. The van der Waals surface area contributed by atoms with Crippen molar-refractivity contribution in [2.75, 3.05) is 0 Å². The van der Waals surface area contributed by atoms with E-state index in [1.165, 1.54) is 24.0 Å². The predicted octanol–water partition coefficient (Wildman–Crippen LogP) is 3.30. The number of benzene rings is 1. The van der Waals surface area contributed by atoms with Gasteiger partial charge in [0.05, 0.1) is 5.38 Å². The lowest BCUT2D eigenvalue weighted by Gasteiger charge is -2.19. The maximum Gasteiger partial charge on any atom is 0.0588 e. The molecule has 0 amide bonds. The Balaban J connectivity index is 2.44. The molecular formula is C10H11Cl. The van der Waals surface area contributed by atoms with Gasteiger partial charge in [0, 0.05) is 0 Å². The van der Waals surface area contributed by atoms with Gasteiger partial charge in [-0.05, 0) is 30.4 Å². The van der Waals surface area contributed by atoms with Gasteiger partial charge in [-0.2, -0.15) is 0 Å². The van der Waals surface area contributed by atoms with Crippen molar-refractivity contribution in [3.63, 3.8) is 0 Å². The third-order valence-electron chi connectivity index (χ3n) is 2.30. The van der Waals surface area contributed by atoms with Crippen LogP contribution >= 0.6 is 11.6 Å². The summed E-state index contributed by atoms with van der Waals surface area (Å²) in [7, 11) is 0. The lowest BCUT2D eigenvalue weighted by Crippen LogP contribution is -2.04. The highest BCUT2D eigenvalue weighted by molar-refractivity contribution is 6.21. The van der Waals surface area contributed by atoms with Crippen LogP contribution in [0.2, 0.25) is 0 Å². The monoisotopic (exact) mass is 166 g/mol. The van der Waals surface area contributed by atoms with E-state index in [9.17, 15) is 0 Å². The van der Waals surface area contributed by atoms with Crippen LogP contribution in [0.5, 0.6) is 0 Å². The summed E-state index contributed by atoms with van der Waals surface area (Å²) in [5.41, 5.74) is 2.79. The summed E-state index contributed by atoms with van der Waals surface area (Å²) in [5.74, 6) is 0. The first-order chi connectivity index (χ1) is 5.38. The van der Waals surface area contributed by atoms with Crippen LogP contribution in [0.3, 0.4) is 0 Å². The van der Waals surface area contributed by atoms with Crippen LogP contribution in [0, 0.1) is 0 Å². The molecule has 11 heavy (non-hydrogen) atoms. The molecule has 0 bridgehead atoms. The molecule has 0 aromatic heterocycles. The van der Waals surface area contributed by atoms with Crippen LogP contribution in [0.25, 0.3) is 0 Å². The SMILES string of the molecule is Cl[C@H]1CCCc2ccccc21. The number of hydrogen-bond acceptors (Lipinski definition) is 0. The van der Waals surface area contributed by atoms with Crippen molar-refractivity contribution in [2.24, 2.45) is 0 Å². The molecule has 0 saturated carbocycles. The topological polar surface area (TPSA) is 0 Å². The van der Waals surface area contributed by atoms with E-state index in [4.69, 9.17) is 11.6 Å². The smallest absolute Gasteiger partial charge is 0.0588 e. The summed E-state index contributed by atoms with van der Waals surface area (Å²) in [6, 6.07) is 8.49. The lowest BCUT2D eigenvalue weighted by molar-refractivity contribution is 0.667. The first-order valence-electron chi connectivity index (χ1n) is 4.10. The Morgan fingerprint density at radius 1 is 1.27 bits per heavy atom. The molecule has 0 radical (unpaired) electrons. The summed E-state index contributed by atoms with van der Waals surface area (Å²) in [6.45, 7) is 0. The zero-order valence-corrected chi connectivity index (χ0v) is 7.14. The minimum atomic E-state index is 0.264. The second kappa shape index (κ2) is 2.86. The van der Waals surface area contributed by atoms with Crippen molar-refractivity contribution < 1.29 is 0 Å². The number of fused-ring (bicyclic) bond motifs is 1. The number of hydrogen-bond donors (Lipinski definition) is 0. The fraction of sp³-hybridized carbons (Fsp3) is 0.400. The van der Waals surface area contributed by atoms with Gasteiger partial charge in [-0.3, -0.25) is 0 Å². The van der Waals surface area contributed by atoms with Crippen molar-refractivity contribution in [1.29, 1.82) is 0 Å². The molecule has 0 nitrogen and oxygen atoms in total. The first-order valence-corrected chi connectivity index (χ1v) is 4.53. The molecular weight excluding hydrogens is 156 g/mol. The highest BCUT2D eigenvalue weighted by Gasteiger charge is 2.16. The molecule has 0 spiro atoms. The van der Waals surface area contributed by atoms with Crippen molar-refractivity contribution in [2.45, 2.75) is 24.6 Å². The van der Waals surface area contributed by atoms with Gasteiger partial charge in [-0.15, -0.1) is 11.6 Å². The largest absolute Gasteiger partial charge is 0.118 e. The Kier molecular flexibility index (Phi) is 1.87. The number of alkyl halides is 1. The van der Waals surface area contributed by atoms with Crippen molar-refractivity contribution >= 4 is 11.6 Å². The molecule has 1 aromatic rings. The van der Waals surface area contributed by atoms with E-state index in [2.05, 4.69) is 24.3 Å². The average molecular weight is 167 g/mol. The Labute approximate surface area is 72.2 Å². The molecule has 2 rings (SSSR count). The average Bonchev–Trinajstić information content (AvgIpc) is 2.06. The second-order valence-corrected chi connectivity index (χ2v) is 3.59. The number of aryl methyl sites for hydroxylation is 1. The lowest BCUT2D eigenvalue weighted by atomic mass is 9.92. The molecule has 1 aliphatic rings. The highest BCUT2D eigenvalue weighted by Crippen LogP contribution is 2.33. The molecule has 0 N–H and O–H groups in total. The van der Waals surface area contributed by atoms with Gasteiger partial charge in [-0.25, -0.2) is 0 Å². The Morgan fingerprint density at radius 2 is 2.09 bits per heavy atom. The highest BCUT2D eigenvalue weighted by atomic mass is 35.5. The summed E-state index contributed by atoms with van der Waals surface area (Å²) in [5, 5.41) is 0.264. The molecule has 0 saturated heterocycles. The van der Waals surface area contributed by atoms with Gasteiger partial charge in [0.25, 0.3) is 0 Å². The van der Waals surface area contributed by atoms with Crippen LogP contribution in [-0.2, 0) is 6.42 Å². The predicted molar refractivity (Wildman–Crippen MR) is 48.0 cm³/mol. The zero-order valence-electron chi connectivity index (χ0n) is 6.39. The second-order valence-electron chi connectivity index (χ2n) is 3.06. The summed E-state index contributed by atoms with van der Waals surface area (Å²) >= 11 is 6.15. The molecule has 58 valence electrons. The van der Waals surface area contributed by atoms with Crippen LogP contribution in [-0.4, -0.2) is 0 Å². The van der Waals surface area contributed by atoms with Gasteiger partial charge in [-0.1, -0.05) is 24.3 Å². The maximum atomic E-state index is 6.15. The van der Waals surface area contributed by atoms with E-state index in [1.54, 1.807) is 0 Å². The molecule has 1 aliphatic carbocycles. The molecule has 1 atom stereocenters. The van der Waals surface area contributed by atoms with Crippen LogP contribution in [0.15, 0.2) is 24.3 Å². The van der Waals surface area contributed by atoms with Crippen molar-refractivity contribution in [3.8, 4) is 0 Å². The van der Waals surface area contributed by atoms with Gasteiger partial charge in [0.2, 0.25) is 0 Å². The fourth-order valence-electron chi connectivity index (χ4n) is 1.69. The maximum absolute atomic E-state index is 6.15. The molecule has 0 aliphatic heterocycles. The quantitative estimate of drug-likeness (QED) is 0.519. The van der Waals surface area contributed by atoms with Crippen LogP contribution < -0.4 is 0 Å². The van der Waals surface area contributed by atoms with Crippen molar-refractivity contribution in [1.82, 2.24) is 0 Å². The minimum absolute atomic E-state index is 0.264. The van der Waals surface area contributed by atoms with E-state index >= 15 is 0 Å². The van der Waals surface area contributed by atoms with E-state index in [-0.39, 0.29) is 5.38 Å². The first kappa shape index (κ1) is 7.17. The molecule has 0 unspecified atom stereocenters. The minimum Gasteiger partial charge on any atom is -0.118 e. The van der Waals surface area contributed by atoms with E-state index in [1.807, 2.05) is 0 Å². The van der Waals surface area contributed by atoms with Gasteiger partial charge >= 0.3 is 0 Å². The Bertz CT molecular complexity index is 255. The van der Waals surface area contributed by atoms with Crippen LogP contribution in [0.1, 0.15) is 29.3 Å². The standard InChI is InChI=1S/C10H11Cl/c11-10-7-3-5-8-4-1-2-6-9(8)10/h1-2,4,6,10H,3,5,7H2/t10-/m0/s1. The Morgan fingerprint density at radius 3 is 2.91 bits per heavy atom. The van der Waals surface area contributed by atoms with Gasteiger partial charge in [0.15, 0.2) is 0 Å². The zero-order chi connectivity index (χ0) is 7.68. The summed E-state index contributed by atoms with van der Waals surface area (Å²) < 4.78 is 0. The van der Waals surface area contributed by atoms with Gasteiger partial charge in [0.1, 0.15) is 0 Å². The van der Waals surface area contributed by atoms with Crippen molar-refractivity contribution in [3.05, 3.63) is 35.4 Å². The Hall–Kier alpha value is -0.490. The fourth-order valence-corrected chi connectivity index (χ4v) is 2.06. The van der Waals surface area contributed by atoms with Gasteiger partial charge < -0.3 is 0 Å². The molecule has 1 aromatic carbocycles. The summed E-state index contributed by atoms with van der Waals surface area (Å²) in [4.78, 5) is 0. The van der Waals surface area contributed by atoms with E-state index in [0.29, 0.717) is 0 Å².